The lowest BCUT2D eigenvalue weighted by atomic mass is 10.2. The normalized spacial score (nSPS) is 10.1. The number of carbonyl (C=O) groups excluding carboxylic acids is 1. The molecule has 0 saturated carbocycles. The molecular formula is C12H17ClN2O2. The first-order valence-corrected chi connectivity index (χ1v) is 5.93. The van der Waals surface area contributed by atoms with Gasteiger partial charge in [0.15, 0.2) is 0 Å². The molecule has 0 fully saturated rings. The van der Waals surface area contributed by atoms with Gasteiger partial charge in [-0.05, 0) is 24.6 Å². The van der Waals surface area contributed by atoms with Gasteiger partial charge in [-0.3, -0.25) is 0 Å². The Labute approximate surface area is 106 Å². The van der Waals surface area contributed by atoms with E-state index >= 15 is 0 Å². The molecule has 0 heterocycles. The van der Waals surface area contributed by atoms with Crippen molar-refractivity contribution in [3.63, 3.8) is 0 Å². The maximum absolute atomic E-state index is 11.7. The second-order valence-corrected chi connectivity index (χ2v) is 4.03. The van der Waals surface area contributed by atoms with Crippen molar-refractivity contribution in [3.8, 4) is 0 Å². The highest BCUT2D eigenvalue weighted by atomic mass is 35.5. The number of nitrogens with one attached hydrogen (secondary N) is 1. The Morgan fingerprint density at radius 2 is 2.29 bits per heavy atom. The molecule has 4 nitrogen and oxygen atoms in total. The lowest BCUT2D eigenvalue weighted by Gasteiger charge is -2.20. The molecule has 17 heavy (non-hydrogen) atoms. The smallest absolute Gasteiger partial charge is 0.317 e. The van der Waals surface area contributed by atoms with Gasteiger partial charge in [0.1, 0.15) is 0 Å². The fourth-order valence-electron chi connectivity index (χ4n) is 1.46. The van der Waals surface area contributed by atoms with Crippen LogP contribution in [0.15, 0.2) is 24.3 Å². The zero-order chi connectivity index (χ0) is 12.7. The minimum Gasteiger partial charge on any atom is -0.395 e. The van der Waals surface area contributed by atoms with Crippen LogP contribution in [0.5, 0.6) is 0 Å². The van der Waals surface area contributed by atoms with E-state index < -0.39 is 0 Å². The third-order valence-electron chi connectivity index (χ3n) is 2.37. The van der Waals surface area contributed by atoms with Crippen molar-refractivity contribution in [3.05, 3.63) is 34.9 Å². The molecule has 0 aliphatic carbocycles. The van der Waals surface area contributed by atoms with Gasteiger partial charge < -0.3 is 15.3 Å². The molecule has 0 radical (unpaired) electrons. The van der Waals surface area contributed by atoms with Crippen LogP contribution < -0.4 is 5.32 Å². The Hall–Kier alpha value is -1.26. The van der Waals surface area contributed by atoms with E-state index in [1.165, 1.54) is 0 Å². The standard InChI is InChI=1S/C12H17ClN2O2/c1-2-15(6-7-16)12(17)14-9-10-4-3-5-11(13)8-10/h3-5,8,16H,2,6-7,9H2,1H3,(H,14,17). The topological polar surface area (TPSA) is 52.6 Å². The number of carbonyl (C=O) groups is 1. The van der Waals surface area contributed by atoms with Crippen LogP contribution in [0.4, 0.5) is 4.79 Å². The van der Waals surface area contributed by atoms with Crippen LogP contribution in [-0.2, 0) is 6.54 Å². The molecule has 0 spiro atoms. The Balaban J connectivity index is 2.47. The molecule has 0 atom stereocenters. The molecule has 1 aromatic rings. The number of nitrogens with zero attached hydrogens (tertiary/aromatic N) is 1. The van der Waals surface area contributed by atoms with E-state index in [1.54, 1.807) is 11.0 Å². The van der Waals surface area contributed by atoms with Gasteiger partial charge in [0.2, 0.25) is 0 Å². The Morgan fingerprint density at radius 3 is 2.88 bits per heavy atom. The SMILES string of the molecule is CCN(CCO)C(=O)NCc1cccc(Cl)c1. The molecule has 0 aliphatic rings. The summed E-state index contributed by atoms with van der Waals surface area (Å²) in [5.41, 5.74) is 0.950. The van der Waals surface area contributed by atoms with Gasteiger partial charge in [-0.2, -0.15) is 0 Å². The largest absolute Gasteiger partial charge is 0.395 e. The monoisotopic (exact) mass is 256 g/mol. The van der Waals surface area contributed by atoms with Crippen LogP contribution in [-0.4, -0.2) is 35.7 Å². The van der Waals surface area contributed by atoms with Crippen molar-refractivity contribution in [2.45, 2.75) is 13.5 Å². The van der Waals surface area contributed by atoms with Crippen LogP contribution in [0.2, 0.25) is 5.02 Å². The van der Waals surface area contributed by atoms with E-state index in [4.69, 9.17) is 16.7 Å². The number of hydrogen-bond acceptors (Lipinski definition) is 2. The predicted octanol–water partition coefficient (Wildman–Crippen LogP) is 1.86. The Morgan fingerprint density at radius 1 is 1.53 bits per heavy atom. The maximum Gasteiger partial charge on any atom is 0.317 e. The molecule has 5 heteroatoms. The van der Waals surface area contributed by atoms with Gasteiger partial charge in [0, 0.05) is 24.7 Å². The zero-order valence-electron chi connectivity index (χ0n) is 9.82. The van der Waals surface area contributed by atoms with Gasteiger partial charge in [0.05, 0.1) is 6.61 Å². The molecule has 0 saturated heterocycles. The van der Waals surface area contributed by atoms with E-state index in [1.807, 2.05) is 25.1 Å². The number of amides is 2. The average molecular weight is 257 g/mol. The number of rotatable bonds is 5. The molecule has 94 valence electrons. The van der Waals surface area contributed by atoms with Crippen LogP contribution in [0.1, 0.15) is 12.5 Å². The third kappa shape index (κ3) is 4.63. The summed E-state index contributed by atoms with van der Waals surface area (Å²) in [6.07, 6.45) is 0. The number of likely N-dealkylation sites (N-methyl/N-ethyl adjacent to an activating group) is 1. The first-order valence-electron chi connectivity index (χ1n) is 5.55. The fourth-order valence-corrected chi connectivity index (χ4v) is 1.67. The number of aliphatic hydroxyl groups excluding tert-OH is 1. The molecule has 1 aromatic carbocycles. The van der Waals surface area contributed by atoms with Crippen molar-refractivity contribution in [2.75, 3.05) is 19.7 Å². The summed E-state index contributed by atoms with van der Waals surface area (Å²) in [6, 6.07) is 7.16. The van der Waals surface area contributed by atoms with Gasteiger partial charge >= 0.3 is 6.03 Å². The molecular weight excluding hydrogens is 240 g/mol. The van der Waals surface area contributed by atoms with Crippen molar-refractivity contribution in [1.82, 2.24) is 10.2 Å². The molecule has 0 aromatic heterocycles. The fraction of sp³-hybridized carbons (Fsp3) is 0.417. The van der Waals surface area contributed by atoms with Gasteiger partial charge in [-0.1, -0.05) is 23.7 Å². The summed E-state index contributed by atoms with van der Waals surface area (Å²) in [5, 5.41) is 12.2. The van der Waals surface area contributed by atoms with Crippen LogP contribution in [0, 0.1) is 0 Å². The predicted molar refractivity (Wildman–Crippen MR) is 68.0 cm³/mol. The summed E-state index contributed by atoms with van der Waals surface area (Å²) in [5.74, 6) is 0. The van der Waals surface area contributed by atoms with Gasteiger partial charge in [-0.25, -0.2) is 4.79 Å². The van der Waals surface area contributed by atoms with Crippen LogP contribution in [0.25, 0.3) is 0 Å². The van der Waals surface area contributed by atoms with E-state index in [9.17, 15) is 4.79 Å². The van der Waals surface area contributed by atoms with E-state index in [-0.39, 0.29) is 12.6 Å². The molecule has 1 rings (SSSR count). The highest BCUT2D eigenvalue weighted by Crippen LogP contribution is 2.10. The highest BCUT2D eigenvalue weighted by Gasteiger charge is 2.09. The van der Waals surface area contributed by atoms with Crippen LogP contribution >= 0.6 is 11.6 Å². The second kappa shape index (κ2) is 7.14. The van der Waals surface area contributed by atoms with Crippen molar-refractivity contribution in [1.29, 1.82) is 0 Å². The maximum atomic E-state index is 11.7. The zero-order valence-corrected chi connectivity index (χ0v) is 10.6. The van der Waals surface area contributed by atoms with Crippen molar-refractivity contribution in [2.24, 2.45) is 0 Å². The lowest BCUT2D eigenvalue weighted by Crippen LogP contribution is -2.41. The highest BCUT2D eigenvalue weighted by molar-refractivity contribution is 6.30. The first-order chi connectivity index (χ1) is 8.17. The summed E-state index contributed by atoms with van der Waals surface area (Å²) < 4.78 is 0. The van der Waals surface area contributed by atoms with E-state index in [2.05, 4.69) is 5.32 Å². The molecule has 2 amide bonds. The third-order valence-corrected chi connectivity index (χ3v) is 2.61. The summed E-state index contributed by atoms with van der Waals surface area (Å²) in [4.78, 5) is 13.2. The van der Waals surface area contributed by atoms with Crippen molar-refractivity contribution >= 4 is 17.6 Å². The van der Waals surface area contributed by atoms with Gasteiger partial charge in [0.25, 0.3) is 0 Å². The Kier molecular flexibility index (Phi) is 5.80. The number of urea groups is 1. The minimum atomic E-state index is -0.179. The summed E-state index contributed by atoms with van der Waals surface area (Å²) >= 11 is 5.84. The quantitative estimate of drug-likeness (QED) is 0.845. The summed E-state index contributed by atoms with van der Waals surface area (Å²) in [7, 11) is 0. The van der Waals surface area contributed by atoms with Crippen LogP contribution in [0.3, 0.4) is 0 Å². The second-order valence-electron chi connectivity index (χ2n) is 3.59. The molecule has 0 unspecified atom stereocenters. The first kappa shape index (κ1) is 13.8. The summed E-state index contributed by atoms with van der Waals surface area (Å²) in [6.45, 7) is 3.19. The number of benzene rings is 1. The average Bonchev–Trinajstić information content (AvgIpc) is 2.33. The van der Waals surface area contributed by atoms with Crippen molar-refractivity contribution < 1.29 is 9.90 Å². The molecule has 0 bridgehead atoms. The van der Waals surface area contributed by atoms with Gasteiger partial charge in [-0.15, -0.1) is 0 Å². The van der Waals surface area contributed by atoms with E-state index in [0.717, 1.165) is 5.56 Å². The minimum absolute atomic E-state index is 0.0293. The lowest BCUT2D eigenvalue weighted by molar-refractivity contribution is 0.180. The number of aliphatic hydroxyl groups is 1. The molecule has 0 aliphatic heterocycles. The molecule has 2 N–H and O–H groups in total. The Bertz CT molecular complexity index is 371. The number of halogens is 1. The van der Waals surface area contributed by atoms with E-state index in [0.29, 0.717) is 24.7 Å². The number of hydrogen-bond donors (Lipinski definition) is 2.